The van der Waals surface area contributed by atoms with Crippen molar-refractivity contribution in [2.24, 2.45) is 0 Å². The van der Waals surface area contributed by atoms with Gasteiger partial charge in [-0.1, -0.05) is 70.1 Å². The molecule has 0 saturated carbocycles. The Hall–Kier alpha value is -3.19. The molecule has 1 unspecified atom stereocenters. The average Bonchev–Trinajstić information content (AvgIpc) is 2.83. The quantitative estimate of drug-likeness (QED) is 0.231. The number of carboxylic acid groups (broad SMARTS) is 2. The molecule has 0 radical (unpaired) electrons. The van der Waals surface area contributed by atoms with Gasteiger partial charge in [-0.3, -0.25) is 14.4 Å². The number of aliphatic carboxylic acids is 2. The molecule has 2 rings (SSSR count). The van der Waals surface area contributed by atoms with E-state index < -0.39 is 24.2 Å². The van der Waals surface area contributed by atoms with E-state index in [1.807, 2.05) is 36.4 Å². The molecule has 0 aromatic heterocycles. The maximum absolute atomic E-state index is 12.5. The van der Waals surface area contributed by atoms with Crippen LogP contribution >= 0.6 is 21.6 Å². The van der Waals surface area contributed by atoms with Gasteiger partial charge in [0.25, 0.3) is 5.91 Å². The van der Waals surface area contributed by atoms with Crippen molar-refractivity contribution in [3.8, 4) is 0 Å². The highest BCUT2D eigenvalue weighted by atomic mass is 33.1. The molecule has 0 fully saturated rings. The van der Waals surface area contributed by atoms with Crippen LogP contribution in [0.25, 0.3) is 0 Å². The molecule has 0 spiro atoms. The number of benzene rings is 2. The fourth-order valence-corrected chi connectivity index (χ4v) is 4.39. The SMILES string of the molecule is O=C(O)C(F)(F)F.O=C(O)CCSSCCNC(=O)CC(NC(=O)c1ccccc1)c1ccccc1. The maximum atomic E-state index is 12.5. The molecule has 0 aliphatic rings. The first-order valence-corrected chi connectivity index (χ1v) is 12.9. The van der Waals surface area contributed by atoms with E-state index in [4.69, 9.17) is 15.0 Å². The van der Waals surface area contributed by atoms with Gasteiger partial charge in [-0.2, -0.15) is 13.2 Å². The molecule has 2 aromatic carbocycles. The Morgan fingerprint density at radius 1 is 0.861 bits per heavy atom. The first-order chi connectivity index (χ1) is 17.0. The zero-order valence-electron chi connectivity index (χ0n) is 18.9. The van der Waals surface area contributed by atoms with E-state index in [-0.39, 0.29) is 24.7 Å². The number of hydrogen-bond donors (Lipinski definition) is 4. The van der Waals surface area contributed by atoms with Gasteiger partial charge in [-0.15, -0.1) is 0 Å². The second-order valence-electron chi connectivity index (χ2n) is 6.95. The number of carbonyl (C=O) groups excluding carboxylic acids is 2. The van der Waals surface area contributed by atoms with Gasteiger partial charge >= 0.3 is 18.1 Å². The lowest BCUT2D eigenvalue weighted by atomic mass is 10.0. The number of alkyl halides is 3. The van der Waals surface area contributed by atoms with Crippen LogP contribution in [0.4, 0.5) is 13.2 Å². The molecule has 0 heterocycles. The van der Waals surface area contributed by atoms with E-state index in [9.17, 15) is 27.6 Å². The lowest BCUT2D eigenvalue weighted by Gasteiger charge is -2.19. The molecule has 0 saturated heterocycles. The van der Waals surface area contributed by atoms with Crippen LogP contribution in [-0.2, 0) is 14.4 Å². The average molecular weight is 547 g/mol. The number of nitrogens with one attached hydrogen (secondary N) is 2. The van der Waals surface area contributed by atoms with Gasteiger partial charge in [0.15, 0.2) is 0 Å². The molecule has 4 N–H and O–H groups in total. The largest absolute Gasteiger partial charge is 0.490 e. The van der Waals surface area contributed by atoms with Gasteiger partial charge in [-0.05, 0) is 17.7 Å². The molecular formula is C23H25F3N2O6S2. The third-order valence-electron chi connectivity index (χ3n) is 4.17. The standard InChI is InChI=1S/C21H24N2O4S2.C2HF3O2/c24-19(22-12-14-29-28-13-11-20(25)26)15-18(16-7-3-1-4-8-16)23-21(27)17-9-5-2-6-10-17;3-2(4,5)1(6)7/h1-10,18H,11-15H2,(H,22,24)(H,23,27)(H,25,26);(H,6,7). The molecule has 0 aliphatic heterocycles. The second kappa shape index (κ2) is 16.5. The normalized spacial score (nSPS) is 11.4. The van der Waals surface area contributed by atoms with Crippen LogP contribution < -0.4 is 10.6 Å². The summed E-state index contributed by atoms with van der Waals surface area (Å²) in [7, 11) is 3.01. The number of hydrogen-bond acceptors (Lipinski definition) is 6. The molecular weight excluding hydrogens is 521 g/mol. The van der Waals surface area contributed by atoms with Crippen molar-refractivity contribution >= 4 is 45.3 Å². The minimum absolute atomic E-state index is 0.129. The zero-order valence-corrected chi connectivity index (χ0v) is 20.5. The van der Waals surface area contributed by atoms with E-state index in [1.54, 1.807) is 24.3 Å². The van der Waals surface area contributed by atoms with E-state index in [0.29, 0.717) is 23.6 Å². The van der Waals surface area contributed by atoms with E-state index in [2.05, 4.69) is 10.6 Å². The minimum atomic E-state index is -5.08. The molecule has 0 bridgehead atoms. The molecule has 1 atom stereocenters. The fourth-order valence-electron chi connectivity index (χ4n) is 2.51. The molecule has 2 amide bonds. The molecule has 2 aromatic rings. The maximum Gasteiger partial charge on any atom is 0.490 e. The van der Waals surface area contributed by atoms with Crippen molar-refractivity contribution in [2.75, 3.05) is 18.1 Å². The van der Waals surface area contributed by atoms with Crippen molar-refractivity contribution in [3.05, 3.63) is 71.8 Å². The van der Waals surface area contributed by atoms with E-state index in [1.165, 1.54) is 21.6 Å². The summed E-state index contributed by atoms with van der Waals surface area (Å²) in [6, 6.07) is 17.9. The topological polar surface area (TPSA) is 133 Å². The smallest absolute Gasteiger partial charge is 0.481 e. The first-order valence-electron chi connectivity index (χ1n) is 10.4. The van der Waals surface area contributed by atoms with Crippen LogP contribution in [0.1, 0.15) is 34.8 Å². The predicted molar refractivity (Wildman–Crippen MR) is 132 cm³/mol. The van der Waals surface area contributed by atoms with Crippen molar-refractivity contribution in [1.82, 2.24) is 10.6 Å². The Morgan fingerprint density at radius 2 is 1.39 bits per heavy atom. The minimum Gasteiger partial charge on any atom is -0.481 e. The summed E-state index contributed by atoms with van der Waals surface area (Å²) >= 11 is 0. The highest BCUT2D eigenvalue weighted by molar-refractivity contribution is 8.76. The van der Waals surface area contributed by atoms with Gasteiger partial charge in [0.2, 0.25) is 5.91 Å². The van der Waals surface area contributed by atoms with Crippen LogP contribution in [-0.4, -0.2) is 58.2 Å². The Bertz CT molecular complexity index is 979. The van der Waals surface area contributed by atoms with Gasteiger partial charge in [0, 0.05) is 23.6 Å². The highest BCUT2D eigenvalue weighted by Crippen LogP contribution is 2.21. The Kier molecular flexibility index (Phi) is 14.1. The van der Waals surface area contributed by atoms with Gasteiger partial charge in [0.05, 0.1) is 18.9 Å². The monoisotopic (exact) mass is 546 g/mol. The van der Waals surface area contributed by atoms with Crippen LogP contribution in [0.2, 0.25) is 0 Å². The Labute approximate surface area is 213 Å². The van der Waals surface area contributed by atoms with Crippen molar-refractivity contribution in [1.29, 1.82) is 0 Å². The number of amides is 2. The third kappa shape index (κ3) is 13.6. The van der Waals surface area contributed by atoms with Gasteiger partial charge in [-0.25, -0.2) is 4.79 Å². The number of rotatable bonds is 12. The van der Waals surface area contributed by atoms with Crippen LogP contribution in [0.15, 0.2) is 60.7 Å². The summed E-state index contributed by atoms with van der Waals surface area (Å²) in [6.07, 6.45) is -4.82. The van der Waals surface area contributed by atoms with Crippen molar-refractivity contribution in [3.63, 3.8) is 0 Å². The van der Waals surface area contributed by atoms with Crippen LogP contribution in [0.3, 0.4) is 0 Å². The summed E-state index contributed by atoms with van der Waals surface area (Å²) in [5, 5.41) is 21.5. The third-order valence-corrected chi connectivity index (χ3v) is 6.57. The summed E-state index contributed by atoms with van der Waals surface area (Å²) in [6.45, 7) is 0.484. The Balaban J connectivity index is 0.000000809. The molecule has 0 aliphatic carbocycles. The highest BCUT2D eigenvalue weighted by Gasteiger charge is 2.38. The van der Waals surface area contributed by atoms with Crippen LogP contribution in [0, 0.1) is 0 Å². The predicted octanol–water partition coefficient (Wildman–Crippen LogP) is 4.15. The molecule has 13 heteroatoms. The van der Waals surface area contributed by atoms with Gasteiger partial charge in [0.1, 0.15) is 0 Å². The summed E-state index contributed by atoms with van der Waals surface area (Å²) in [5.41, 5.74) is 1.41. The van der Waals surface area contributed by atoms with Crippen molar-refractivity contribution in [2.45, 2.75) is 25.1 Å². The number of halogens is 3. The molecule has 196 valence electrons. The first kappa shape index (κ1) is 30.8. The van der Waals surface area contributed by atoms with Gasteiger partial charge < -0.3 is 20.8 Å². The molecule has 36 heavy (non-hydrogen) atoms. The summed E-state index contributed by atoms with van der Waals surface area (Å²) in [5.74, 6) is -2.72. The van der Waals surface area contributed by atoms with E-state index in [0.717, 1.165) is 5.56 Å². The lowest BCUT2D eigenvalue weighted by Crippen LogP contribution is -2.34. The summed E-state index contributed by atoms with van der Waals surface area (Å²) in [4.78, 5) is 44.2. The fraction of sp³-hybridized carbons (Fsp3) is 0.304. The van der Waals surface area contributed by atoms with Crippen molar-refractivity contribution < 1.29 is 42.6 Å². The summed E-state index contributed by atoms with van der Waals surface area (Å²) < 4.78 is 31.7. The zero-order chi connectivity index (χ0) is 27.0. The second-order valence-corrected chi connectivity index (χ2v) is 9.65. The number of carbonyl (C=O) groups is 4. The number of carboxylic acids is 2. The Morgan fingerprint density at radius 3 is 1.92 bits per heavy atom. The van der Waals surface area contributed by atoms with E-state index >= 15 is 0 Å². The molecule has 8 nitrogen and oxygen atoms in total. The lowest BCUT2D eigenvalue weighted by molar-refractivity contribution is -0.192. The van der Waals surface area contributed by atoms with Crippen LogP contribution in [0.5, 0.6) is 0 Å².